The standard InChI is InChI=1S/C25H26OSTe/c1-3-4-15-24(21-11-7-5-8-12-21)25(28-23-13-9-6-10-14-23)27(26)22-18-16-20(2)17-19-22/h5-14,16-19H,3-4,15H2,1-2H3/b25-24-. The van der Waals surface area contributed by atoms with Gasteiger partial charge >= 0.3 is 182 Å². The average molecular weight is 502 g/mol. The molecule has 3 heteroatoms. The molecule has 0 amide bonds. The normalized spacial score (nSPS) is 13.1. The SMILES string of the molecule is CCCC/C(=C(/[Te]c1ccccc1)S(=O)c1ccc(C)cc1)c1ccccc1. The average Bonchev–Trinajstić information content (AvgIpc) is 2.75. The van der Waals surface area contributed by atoms with Crippen LogP contribution < -0.4 is 3.61 Å². The van der Waals surface area contributed by atoms with Crippen LogP contribution in [0.3, 0.4) is 0 Å². The molecule has 0 N–H and O–H groups in total. The summed E-state index contributed by atoms with van der Waals surface area (Å²) in [4.78, 5) is 0.909. The van der Waals surface area contributed by atoms with Crippen molar-refractivity contribution < 1.29 is 4.21 Å². The maximum absolute atomic E-state index is 13.7. The summed E-state index contributed by atoms with van der Waals surface area (Å²) in [6, 6.07) is 29.3. The molecule has 0 bridgehead atoms. The number of unbranched alkanes of at least 4 members (excludes halogenated alkanes) is 1. The van der Waals surface area contributed by atoms with Crippen molar-refractivity contribution in [2.24, 2.45) is 0 Å². The van der Waals surface area contributed by atoms with Crippen molar-refractivity contribution in [3.63, 3.8) is 0 Å². The Balaban J connectivity index is 2.12. The first-order valence-corrected chi connectivity index (χ1v) is 13.2. The van der Waals surface area contributed by atoms with Gasteiger partial charge in [0.1, 0.15) is 0 Å². The zero-order chi connectivity index (χ0) is 19.8. The summed E-state index contributed by atoms with van der Waals surface area (Å²) in [6.07, 6.45) is 3.22. The molecule has 1 atom stereocenters. The van der Waals surface area contributed by atoms with Crippen LogP contribution in [0.1, 0.15) is 37.3 Å². The van der Waals surface area contributed by atoms with Crippen LogP contribution >= 0.6 is 0 Å². The summed E-state index contributed by atoms with van der Waals surface area (Å²) < 4.78 is 16.2. The number of aryl methyl sites for hydroxylation is 1. The van der Waals surface area contributed by atoms with Gasteiger partial charge in [-0.1, -0.05) is 0 Å². The molecule has 1 unspecified atom stereocenters. The van der Waals surface area contributed by atoms with E-state index in [1.807, 2.05) is 24.3 Å². The topological polar surface area (TPSA) is 17.1 Å². The second kappa shape index (κ2) is 10.8. The third-order valence-electron chi connectivity index (χ3n) is 4.51. The minimum atomic E-state index is -1.13. The molecule has 3 aromatic rings. The summed E-state index contributed by atoms with van der Waals surface area (Å²) in [6.45, 7) is 4.28. The first-order chi connectivity index (χ1) is 13.7. The monoisotopic (exact) mass is 504 g/mol. The molecule has 28 heavy (non-hydrogen) atoms. The van der Waals surface area contributed by atoms with E-state index in [4.69, 9.17) is 0 Å². The third kappa shape index (κ3) is 5.67. The molecule has 0 heterocycles. The van der Waals surface area contributed by atoms with Gasteiger partial charge in [0.15, 0.2) is 0 Å². The van der Waals surface area contributed by atoms with Crippen LogP contribution in [0, 0.1) is 6.92 Å². The van der Waals surface area contributed by atoms with Gasteiger partial charge in [0.05, 0.1) is 0 Å². The number of allylic oxidation sites excluding steroid dienone is 1. The van der Waals surface area contributed by atoms with E-state index < -0.39 is 31.7 Å². The molecule has 0 saturated heterocycles. The van der Waals surface area contributed by atoms with E-state index in [0.29, 0.717) is 0 Å². The zero-order valence-corrected chi connectivity index (χ0v) is 19.6. The van der Waals surface area contributed by atoms with Crippen molar-refractivity contribution in [2.75, 3.05) is 0 Å². The van der Waals surface area contributed by atoms with Crippen molar-refractivity contribution in [1.29, 1.82) is 0 Å². The van der Waals surface area contributed by atoms with E-state index in [9.17, 15) is 4.21 Å². The van der Waals surface area contributed by atoms with E-state index in [0.717, 1.165) is 27.1 Å². The summed E-state index contributed by atoms with van der Waals surface area (Å²) in [5.41, 5.74) is 3.69. The van der Waals surface area contributed by atoms with Crippen LogP contribution in [0.25, 0.3) is 5.57 Å². The van der Waals surface area contributed by atoms with Gasteiger partial charge in [0, 0.05) is 0 Å². The van der Waals surface area contributed by atoms with E-state index >= 15 is 0 Å². The van der Waals surface area contributed by atoms with Crippen LogP contribution in [-0.2, 0) is 10.8 Å². The Morgan fingerprint density at radius 1 is 0.857 bits per heavy atom. The molecule has 0 aliphatic carbocycles. The fourth-order valence-corrected chi connectivity index (χ4v) is 8.59. The Morgan fingerprint density at radius 2 is 1.46 bits per heavy atom. The van der Waals surface area contributed by atoms with Gasteiger partial charge in [-0.05, 0) is 0 Å². The van der Waals surface area contributed by atoms with Gasteiger partial charge in [-0.15, -0.1) is 0 Å². The molecule has 0 aliphatic rings. The molecular formula is C25H26OSTe. The van der Waals surface area contributed by atoms with Gasteiger partial charge < -0.3 is 0 Å². The summed E-state index contributed by atoms with van der Waals surface area (Å²) >= 11 is -0.739. The first-order valence-electron chi connectivity index (χ1n) is 9.69. The van der Waals surface area contributed by atoms with Crippen LogP contribution in [0.5, 0.6) is 0 Å². The molecule has 0 aromatic heterocycles. The number of hydrogen-bond acceptors (Lipinski definition) is 1. The molecule has 3 aromatic carbocycles. The molecule has 0 radical (unpaired) electrons. The van der Waals surface area contributed by atoms with Gasteiger partial charge in [0.25, 0.3) is 0 Å². The van der Waals surface area contributed by atoms with Gasteiger partial charge in [-0.2, -0.15) is 0 Å². The van der Waals surface area contributed by atoms with Crippen molar-refractivity contribution in [3.8, 4) is 0 Å². The molecular weight excluding hydrogens is 476 g/mol. The molecule has 144 valence electrons. The Bertz CT molecular complexity index is 931. The van der Waals surface area contributed by atoms with Crippen LogP contribution in [0.15, 0.2) is 92.8 Å². The summed E-state index contributed by atoms with van der Waals surface area (Å²) in [7, 11) is -1.13. The number of benzene rings is 3. The minimum absolute atomic E-state index is 0.739. The van der Waals surface area contributed by atoms with Crippen LogP contribution in [0.2, 0.25) is 0 Å². The van der Waals surface area contributed by atoms with Crippen LogP contribution in [0.4, 0.5) is 0 Å². The molecule has 1 nitrogen and oxygen atoms in total. The van der Waals surface area contributed by atoms with E-state index in [1.165, 1.54) is 20.3 Å². The molecule has 0 fully saturated rings. The van der Waals surface area contributed by atoms with Crippen molar-refractivity contribution in [2.45, 2.75) is 38.0 Å². The molecule has 0 spiro atoms. The van der Waals surface area contributed by atoms with Crippen LogP contribution in [-0.4, -0.2) is 25.1 Å². The van der Waals surface area contributed by atoms with Crippen molar-refractivity contribution >= 4 is 40.9 Å². The number of hydrogen-bond donors (Lipinski definition) is 0. The number of rotatable bonds is 8. The first kappa shape index (κ1) is 21.1. The second-order valence-corrected chi connectivity index (χ2v) is 12.0. The second-order valence-electron chi connectivity index (χ2n) is 6.73. The molecule has 0 saturated carbocycles. The Labute approximate surface area is 181 Å². The molecule has 0 aliphatic heterocycles. The predicted octanol–water partition coefficient (Wildman–Crippen LogP) is 5.69. The summed E-state index contributed by atoms with van der Waals surface area (Å²) in [5, 5.41) is 0. The van der Waals surface area contributed by atoms with E-state index in [-0.39, 0.29) is 0 Å². The van der Waals surface area contributed by atoms with Crippen molar-refractivity contribution in [1.82, 2.24) is 0 Å². The fourth-order valence-electron chi connectivity index (χ4n) is 2.93. The van der Waals surface area contributed by atoms with Gasteiger partial charge in [-0.25, -0.2) is 0 Å². The Hall–Kier alpha value is -1.66. The zero-order valence-electron chi connectivity index (χ0n) is 16.4. The van der Waals surface area contributed by atoms with E-state index in [1.54, 1.807) is 0 Å². The third-order valence-corrected chi connectivity index (χ3v) is 10.3. The predicted molar refractivity (Wildman–Crippen MR) is 122 cm³/mol. The Morgan fingerprint density at radius 3 is 2.07 bits per heavy atom. The maximum atomic E-state index is 13.7. The Kier molecular flexibility index (Phi) is 8.10. The fraction of sp³-hybridized carbons (Fsp3) is 0.200. The van der Waals surface area contributed by atoms with Gasteiger partial charge in [0.2, 0.25) is 0 Å². The molecule has 3 rings (SSSR count). The van der Waals surface area contributed by atoms with Crippen molar-refractivity contribution in [3.05, 3.63) is 99.0 Å². The van der Waals surface area contributed by atoms with E-state index in [2.05, 4.69) is 74.5 Å². The summed E-state index contributed by atoms with van der Waals surface area (Å²) in [5.74, 6) is 0. The van der Waals surface area contributed by atoms with Gasteiger partial charge in [-0.3, -0.25) is 0 Å². The quantitative estimate of drug-likeness (QED) is 0.362.